The molecule has 1 atom stereocenters. The van der Waals surface area contributed by atoms with Gasteiger partial charge in [-0.2, -0.15) is 0 Å². The van der Waals surface area contributed by atoms with E-state index in [2.05, 4.69) is 34.6 Å². The van der Waals surface area contributed by atoms with Crippen LogP contribution in [-0.4, -0.2) is 11.5 Å². The number of nitrogens with one attached hydrogen (secondary N) is 1. The Morgan fingerprint density at radius 1 is 1.29 bits per heavy atom. The Morgan fingerprint density at radius 2 is 2.21 bits per heavy atom. The summed E-state index contributed by atoms with van der Waals surface area (Å²) in [7, 11) is 0. The molecule has 2 heterocycles. The van der Waals surface area contributed by atoms with Crippen molar-refractivity contribution in [3.8, 4) is 0 Å². The fourth-order valence-electron chi connectivity index (χ4n) is 1.88. The van der Waals surface area contributed by atoms with Crippen LogP contribution in [0.25, 0.3) is 10.9 Å². The van der Waals surface area contributed by atoms with E-state index in [-0.39, 0.29) is 0 Å². The lowest BCUT2D eigenvalue weighted by Gasteiger charge is -2.28. The molecule has 1 aliphatic heterocycles. The largest absolute Gasteiger partial charge is 0.310 e. The lowest BCUT2D eigenvalue weighted by atomic mass is 9.97. The molecule has 70 valence electrons. The Morgan fingerprint density at radius 3 is 3.00 bits per heavy atom. The maximum absolute atomic E-state index is 4.31. The molecule has 3 rings (SSSR count). The van der Waals surface area contributed by atoms with Gasteiger partial charge in [0.2, 0.25) is 0 Å². The number of pyridine rings is 1. The third kappa shape index (κ3) is 1.19. The number of hydrogen-bond donors (Lipinski definition) is 1. The lowest BCUT2D eigenvalue weighted by Crippen LogP contribution is -2.34. The molecule has 1 N–H and O–H groups in total. The summed E-state index contributed by atoms with van der Waals surface area (Å²) in [5.74, 6) is 0. The van der Waals surface area contributed by atoms with Gasteiger partial charge in [0.05, 0.1) is 5.52 Å². The summed E-state index contributed by atoms with van der Waals surface area (Å²) in [5, 5.41) is 4.64. The maximum Gasteiger partial charge on any atom is 0.0702 e. The molecule has 0 amide bonds. The van der Waals surface area contributed by atoms with Crippen molar-refractivity contribution in [2.75, 3.05) is 6.54 Å². The van der Waals surface area contributed by atoms with Crippen LogP contribution in [0.3, 0.4) is 0 Å². The van der Waals surface area contributed by atoms with E-state index in [1.165, 1.54) is 17.4 Å². The number of aromatic nitrogens is 1. The highest BCUT2D eigenvalue weighted by molar-refractivity contribution is 5.79. The van der Waals surface area contributed by atoms with Gasteiger partial charge in [-0.3, -0.25) is 4.98 Å². The first-order valence-electron chi connectivity index (χ1n) is 5.01. The number of benzene rings is 1. The first kappa shape index (κ1) is 7.94. The maximum atomic E-state index is 4.31. The molecule has 2 heteroatoms. The highest BCUT2D eigenvalue weighted by Gasteiger charge is 2.18. The average molecular weight is 184 g/mol. The van der Waals surface area contributed by atoms with E-state index < -0.39 is 0 Å². The van der Waals surface area contributed by atoms with Crippen molar-refractivity contribution in [3.63, 3.8) is 0 Å². The summed E-state index contributed by atoms with van der Waals surface area (Å²) in [6.45, 7) is 1.15. The van der Waals surface area contributed by atoms with Gasteiger partial charge in [-0.05, 0) is 36.7 Å². The summed E-state index contributed by atoms with van der Waals surface area (Å²) in [6, 6.07) is 11.2. The average Bonchev–Trinajstić information content (AvgIpc) is 2.15. The van der Waals surface area contributed by atoms with Crippen LogP contribution in [0, 0.1) is 0 Å². The van der Waals surface area contributed by atoms with Gasteiger partial charge in [0.25, 0.3) is 0 Å². The standard InChI is InChI=1S/C12H12N2/c1-2-9-8-10(12-5-7-14-12)3-4-11(9)13-6-1/h1-4,6,8,12,14H,5,7H2/t12-/m1/s1. The van der Waals surface area contributed by atoms with Crippen LogP contribution in [-0.2, 0) is 0 Å². The van der Waals surface area contributed by atoms with E-state index >= 15 is 0 Å². The summed E-state index contributed by atoms with van der Waals surface area (Å²) < 4.78 is 0. The first-order valence-corrected chi connectivity index (χ1v) is 5.01. The van der Waals surface area contributed by atoms with Crippen LogP contribution in [0.15, 0.2) is 36.5 Å². The van der Waals surface area contributed by atoms with E-state index in [1.54, 1.807) is 0 Å². The van der Waals surface area contributed by atoms with Crippen LogP contribution in [0.2, 0.25) is 0 Å². The van der Waals surface area contributed by atoms with Gasteiger partial charge < -0.3 is 5.32 Å². The Hall–Kier alpha value is -1.41. The molecule has 0 bridgehead atoms. The minimum atomic E-state index is 0.569. The zero-order valence-corrected chi connectivity index (χ0v) is 7.90. The van der Waals surface area contributed by atoms with Crippen LogP contribution in [0.4, 0.5) is 0 Å². The molecule has 1 saturated heterocycles. The molecule has 14 heavy (non-hydrogen) atoms. The zero-order valence-electron chi connectivity index (χ0n) is 7.90. The fraction of sp³-hybridized carbons (Fsp3) is 0.250. The summed E-state index contributed by atoms with van der Waals surface area (Å²) in [6.07, 6.45) is 3.09. The normalized spacial score (nSPS) is 20.7. The predicted molar refractivity (Wildman–Crippen MR) is 57.1 cm³/mol. The Balaban J connectivity index is 2.10. The molecule has 1 fully saturated rings. The number of nitrogens with zero attached hydrogens (tertiary/aromatic N) is 1. The van der Waals surface area contributed by atoms with Crippen molar-refractivity contribution in [3.05, 3.63) is 42.1 Å². The van der Waals surface area contributed by atoms with Gasteiger partial charge in [0.15, 0.2) is 0 Å². The molecule has 1 aromatic carbocycles. The number of rotatable bonds is 1. The molecule has 2 nitrogen and oxygen atoms in total. The summed E-state index contributed by atoms with van der Waals surface area (Å²) in [4.78, 5) is 4.31. The van der Waals surface area contributed by atoms with Crippen molar-refractivity contribution < 1.29 is 0 Å². The minimum absolute atomic E-state index is 0.569. The topological polar surface area (TPSA) is 24.9 Å². The summed E-state index contributed by atoms with van der Waals surface area (Å²) in [5.41, 5.74) is 2.47. The van der Waals surface area contributed by atoms with Crippen LogP contribution in [0.1, 0.15) is 18.0 Å². The Labute approximate surface area is 83.0 Å². The Bertz CT molecular complexity index is 461. The van der Waals surface area contributed by atoms with E-state index in [9.17, 15) is 0 Å². The smallest absolute Gasteiger partial charge is 0.0702 e. The molecule has 1 aliphatic rings. The molecule has 0 aliphatic carbocycles. The van der Waals surface area contributed by atoms with Crippen LogP contribution >= 0.6 is 0 Å². The van der Waals surface area contributed by atoms with Crippen molar-refractivity contribution in [2.45, 2.75) is 12.5 Å². The third-order valence-electron chi connectivity index (χ3n) is 2.85. The van der Waals surface area contributed by atoms with Gasteiger partial charge in [-0.15, -0.1) is 0 Å². The van der Waals surface area contributed by atoms with Crippen molar-refractivity contribution in [1.82, 2.24) is 10.3 Å². The molecular weight excluding hydrogens is 172 g/mol. The van der Waals surface area contributed by atoms with E-state index in [1.807, 2.05) is 12.3 Å². The zero-order chi connectivity index (χ0) is 9.38. The molecule has 0 radical (unpaired) electrons. The van der Waals surface area contributed by atoms with E-state index in [0.717, 1.165) is 12.1 Å². The number of hydrogen-bond acceptors (Lipinski definition) is 2. The van der Waals surface area contributed by atoms with Crippen molar-refractivity contribution in [1.29, 1.82) is 0 Å². The molecule has 0 spiro atoms. The molecule has 0 unspecified atom stereocenters. The van der Waals surface area contributed by atoms with Gasteiger partial charge in [0, 0.05) is 17.6 Å². The molecule has 0 saturated carbocycles. The summed E-state index contributed by atoms with van der Waals surface area (Å²) >= 11 is 0. The Kier molecular flexibility index (Phi) is 1.74. The lowest BCUT2D eigenvalue weighted by molar-refractivity contribution is 0.383. The van der Waals surface area contributed by atoms with Gasteiger partial charge in [-0.1, -0.05) is 12.1 Å². The SMILES string of the molecule is c1cnc2ccc([C@H]3CCN3)cc2c1. The quantitative estimate of drug-likeness (QED) is 0.735. The minimum Gasteiger partial charge on any atom is -0.310 e. The number of fused-ring (bicyclic) bond motifs is 1. The van der Waals surface area contributed by atoms with E-state index in [0.29, 0.717) is 6.04 Å². The highest BCUT2D eigenvalue weighted by atomic mass is 15.0. The second kappa shape index (κ2) is 3.07. The van der Waals surface area contributed by atoms with Crippen molar-refractivity contribution >= 4 is 10.9 Å². The third-order valence-corrected chi connectivity index (χ3v) is 2.85. The predicted octanol–water partition coefficient (Wildman–Crippen LogP) is 2.27. The highest BCUT2D eigenvalue weighted by Crippen LogP contribution is 2.25. The first-order chi connectivity index (χ1) is 6.93. The molecule has 2 aromatic rings. The van der Waals surface area contributed by atoms with Gasteiger partial charge in [0.1, 0.15) is 0 Å². The second-order valence-corrected chi connectivity index (χ2v) is 3.75. The fourth-order valence-corrected chi connectivity index (χ4v) is 1.88. The van der Waals surface area contributed by atoms with Gasteiger partial charge >= 0.3 is 0 Å². The van der Waals surface area contributed by atoms with Gasteiger partial charge in [-0.25, -0.2) is 0 Å². The monoisotopic (exact) mass is 184 g/mol. The molecule has 1 aromatic heterocycles. The van der Waals surface area contributed by atoms with Crippen molar-refractivity contribution in [2.24, 2.45) is 0 Å². The van der Waals surface area contributed by atoms with E-state index in [4.69, 9.17) is 0 Å². The van der Waals surface area contributed by atoms with Crippen LogP contribution < -0.4 is 5.32 Å². The van der Waals surface area contributed by atoms with Crippen LogP contribution in [0.5, 0.6) is 0 Å². The molecular formula is C12H12N2. The second-order valence-electron chi connectivity index (χ2n) is 3.75.